The fourth-order valence-electron chi connectivity index (χ4n) is 2.81. The van der Waals surface area contributed by atoms with Gasteiger partial charge in [0.25, 0.3) is 5.56 Å². The van der Waals surface area contributed by atoms with Crippen LogP contribution in [-0.2, 0) is 6.54 Å². The lowest BCUT2D eigenvalue weighted by atomic mass is 10.0. The van der Waals surface area contributed by atoms with E-state index in [1.807, 2.05) is 0 Å². The number of nitrogens with zero attached hydrogens (tertiary/aromatic N) is 2. The van der Waals surface area contributed by atoms with E-state index in [0.29, 0.717) is 0 Å². The Morgan fingerprint density at radius 1 is 1.18 bits per heavy atom. The number of ketones is 1. The molecule has 144 valence electrons. The van der Waals surface area contributed by atoms with Crippen LogP contribution in [0.15, 0.2) is 53.3 Å². The van der Waals surface area contributed by atoms with Crippen LogP contribution in [0.5, 0.6) is 0 Å². The van der Waals surface area contributed by atoms with Gasteiger partial charge >= 0.3 is 0 Å². The number of anilines is 2. The zero-order valence-corrected chi connectivity index (χ0v) is 14.9. The van der Waals surface area contributed by atoms with Crippen LogP contribution in [0.1, 0.15) is 17.3 Å². The highest BCUT2D eigenvalue weighted by molar-refractivity contribution is 6.05. The maximum absolute atomic E-state index is 14.1. The summed E-state index contributed by atoms with van der Waals surface area (Å²) in [4.78, 5) is 25.2. The summed E-state index contributed by atoms with van der Waals surface area (Å²) >= 11 is 0. The molecule has 0 bridgehead atoms. The molecule has 28 heavy (non-hydrogen) atoms. The van der Waals surface area contributed by atoms with E-state index >= 15 is 0 Å². The largest absolute Gasteiger partial charge is 0.394 e. The highest BCUT2D eigenvalue weighted by atomic mass is 19.1. The van der Waals surface area contributed by atoms with Gasteiger partial charge in [-0.25, -0.2) is 13.5 Å². The van der Waals surface area contributed by atoms with Crippen LogP contribution in [0, 0.1) is 11.6 Å². The molecule has 0 saturated carbocycles. The van der Waals surface area contributed by atoms with Gasteiger partial charge in [0, 0.05) is 5.56 Å². The van der Waals surface area contributed by atoms with Crippen LogP contribution >= 0.6 is 0 Å². The number of hydrogen-bond donors (Lipinski definition) is 2. The lowest BCUT2D eigenvalue weighted by Gasteiger charge is -2.16. The predicted molar refractivity (Wildman–Crippen MR) is 101 cm³/mol. The number of carbonyl (C=O) groups is 1. The molecule has 3 rings (SSSR count). The molecule has 0 aliphatic rings. The third-order valence-corrected chi connectivity index (χ3v) is 4.05. The molecule has 8 heteroatoms. The summed E-state index contributed by atoms with van der Waals surface area (Å²) in [7, 11) is 0. The number of aliphatic hydroxyl groups is 1. The molecule has 6 nitrogen and oxygen atoms in total. The van der Waals surface area contributed by atoms with Gasteiger partial charge in [-0.15, -0.1) is 0 Å². The van der Waals surface area contributed by atoms with Crippen molar-refractivity contribution in [2.75, 3.05) is 11.9 Å². The number of halogens is 2. The summed E-state index contributed by atoms with van der Waals surface area (Å²) in [5.74, 6) is -1.66. The first-order valence-corrected chi connectivity index (χ1v) is 8.46. The summed E-state index contributed by atoms with van der Waals surface area (Å²) in [6.45, 7) is 0.710. The van der Waals surface area contributed by atoms with E-state index in [9.17, 15) is 23.5 Å². The average Bonchev–Trinajstić information content (AvgIpc) is 2.66. The van der Waals surface area contributed by atoms with E-state index in [0.717, 1.165) is 4.68 Å². The second kappa shape index (κ2) is 8.10. The fourth-order valence-corrected chi connectivity index (χ4v) is 2.81. The van der Waals surface area contributed by atoms with Crippen LogP contribution in [0.4, 0.5) is 20.2 Å². The number of aromatic nitrogens is 2. The molecule has 2 N–H and O–H groups in total. The molecule has 0 aliphatic carbocycles. The Kier molecular flexibility index (Phi) is 5.60. The fraction of sp³-hybridized carbons (Fsp3) is 0.150. The van der Waals surface area contributed by atoms with Gasteiger partial charge in [-0.05, 0) is 31.2 Å². The molecule has 0 spiro atoms. The minimum Gasteiger partial charge on any atom is -0.394 e. The molecule has 0 unspecified atom stereocenters. The van der Waals surface area contributed by atoms with Gasteiger partial charge in [-0.2, -0.15) is 5.10 Å². The highest BCUT2D eigenvalue weighted by Crippen LogP contribution is 2.28. The lowest BCUT2D eigenvalue weighted by Crippen LogP contribution is -2.29. The monoisotopic (exact) mass is 385 g/mol. The summed E-state index contributed by atoms with van der Waals surface area (Å²) in [5.41, 5.74) is -0.669. The SMILES string of the molecule is CC(=O)c1c(-c2cccc(F)c2)nn(CCO)c(=O)c1Nc1ccccc1F. The minimum absolute atomic E-state index is 0.00552. The number of para-hydroxylation sites is 1. The molecule has 3 aromatic rings. The normalized spacial score (nSPS) is 10.7. The number of nitrogens with one attached hydrogen (secondary N) is 1. The van der Waals surface area contributed by atoms with Crippen molar-refractivity contribution in [3.63, 3.8) is 0 Å². The summed E-state index contributed by atoms with van der Waals surface area (Å²) in [6, 6.07) is 11.1. The van der Waals surface area contributed by atoms with Gasteiger partial charge in [0.15, 0.2) is 5.78 Å². The number of benzene rings is 2. The van der Waals surface area contributed by atoms with Crippen LogP contribution in [0.25, 0.3) is 11.3 Å². The molecule has 0 radical (unpaired) electrons. The van der Waals surface area contributed by atoms with E-state index in [-0.39, 0.29) is 41.3 Å². The van der Waals surface area contributed by atoms with E-state index in [1.54, 1.807) is 12.1 Å². The highest BCUT2D eigenvalue weighted by Gasteiger charge is 2.23. The Hall–Kier alpha value is -3.39. The molecule has 0 aliphatic heterocycles. The number of carbonyl (C=O) groups excluding carboxylic acids is 1. The first kappa shape index (κ1) is 19.4. The van der Waals surface area contributed by atoms with Crippen molar-refractivity contribution in [2.24, 2.45) is 0 Å². The molecule has 1 aromatic heterocycles. The van der Waals surface area contributed by atoms with E-state index in [1.165, 1.54) is 43.3 Å². The van der Waals surface area contributed by atoms with Crippen molar-refractivity contribution in [3.05, 3.63) is 76.1 Å². The van der Waals surface area contributed by atoms with Gasteiger partial charge in [0.05, 0.1) is 24.4 Å². The molecule has 0 fully saturated rings. The third-order valence-electron chi connectivity index (χ3n) is 4.05. The zero-order chi connectivity index (χ0) is 20.3. The summed E-state index contributed by atoms with van der Waals surface area (Å²) in [5, 5.41) is 16.1. The van der Waals surface area contributed by atoms with E-state index in [2.05, 4.69) is 10.4 Å². The van der Waals surface area contributed by atoms with Crippen molar-refractivity contribution >= 4 is 17.2 Å². The van der Waals surface area contributed by atoms with Gasteiger partial charge in [-0.3, -0.25) is 9.59 Å². The van der Waals surface area contributed by atoms with Crippen molar-refractivity contribution < 1.29 is 18.7 Å². The van der Waals surface area contributed by atoms with Gasteiger partial charge in [0.2, 0.25) is 0 Å². The van der Waals surface area contributed by atoms with E-state index in [4.69, 9.17) is 0 Å². The van der Waals surface area contributed by atoms with Gasteiger partial charge in [-0.1, -0.05) is 24.3 Å². The van der Waals surface area contributed by atoms with Gasteiger partial charge < -0.3 is 10.4 Å². The Labute approximate surface area is 159 Å². The number of hydrogen-bond acceptors (Lipinski definition) is 5. The van der Waals surface area contributed by atoms with Crippen molar-refractivity contribution in [1.29, 1.82) is 0 Å². The summed E-state index contributed by atoms with van der Waals surface area (Å²) < 4.78 is 28.8. The minimum atomic E-state index is -0.706. The van der Waals surface area contributed by atoms with Crippen molar-refractivity contribution in [3.8, 4) is 11.3 Å². The Morgan fingerprint density at radius 2 is 1.93 bits per heavy atom. The molecular formula is C20H17F2N3O3. The maximum atomic E-state index is 14.1. The number of Topliss-reactive ketones (excluding diaryl/α,β-unsaturated/α-hetero) is 1. The smallest absolute Gasteiger partial charge is 0.291 e. The molecule has 0 saturated heterocycles. The summed E-state index contributed by atoms with van der Waals surface area (Å²) in [6.07, 6.45) is 0. The molecule has 2 aromatic carbocycles. The Bertz CT molecular complexity index is 1100. The number of aliphatic hydroxyl groups excluding tert-OH is 1. The molecule has 1 heterocycles. The Balaban J connectivity index is 2.31. The number of rotatable bonds is 6. The Morgan fingerprint density at radius 3 is 2.57 bits per heavy atom. The van der Waals surface area contributed by atoms with Crippen molar-refractivity contribution in [2.45, 2.75) is 13.5 Å². The predicted octanol–water partition coefficient (Wildman–Crippen LogP) is 3.13. The van der Waals surface area contributed by atoms with Gasteiger partial charge in [0.1, 0.15) is 23.0 Å². The molecular weight excluding hydrogens is 368 g/mol. The molecule has 0 atom stereocenters. The molecule has 0 amide bonds. The van der Waals surface area contributed by atoms with Crippen LogP contribution in [0.2, 0.25) is 0 Å². The second-order valence-electron chi connectivity index (χ2n) is 6.02. The quantitative estimate of drug-likeness (QED) is 0.637. The zero-order valence-electron chi connectivity index (χ0n) is 14.9. The van der Waals surface area contributed by atoms with Crippen LogP contribution < -0.4 is 10.9 Å². The first-order chi connectivity index (χ1) is 13.4. The van der Waals surface area contributed by atoms with E-state index < -0.39 is 23.0 Å². The second-order valence-corrected chi connectivity index (χ2v) is 6.02. The first-order valence-electron chi connectivity index (χ1n) is 8.46. The van der Waals surface area contributed by atoms with Crippen LogP contribution in [0.3, 0.4) is 0 Å². The third kappa shape index (κ3) is 3.81. The van der Waals surface area contributed by atoms with Crippen LogP contribution in [-0.4, -0.2) is 27.3 Å². The average molecular weight is 385 g/mol. The lowest BCUT2D eigenvalue weighted by molar-refractivity contribution is 0.101. The standard InChI is InChI=1S/C20H17F2N3O3/c1-12(27)17-18(13-5-4-6-14(21)11-13)24-25(9-10-26)20(28)19(17)23-16-8-3-2-7-15(16)22/h2-8,11,23,26H,9-10H2,1H3. The topological polar surface area (TPSA) is 84.2 Å². The van der Waals surface area contributed by atoms with Crippen molar-refractivity contribution in [1.82, 2.24) is 9.78 Å². The maximum Gasteiger partial charge on any atom is 0.291 e.